The number of carbonyl (C=O) groups excluding carboxylic acids is 3. The monoisotopic (exact) mass is 465 g/mol. The van der Waals surface area contributed by atoms with Crippen molar-refractivity contribution in [2.45, 2.75) is 0 Å². The fourth-order valence-corrected chi connectivity index (χ4v) is 2.87. The quantitative estimate of drug-likeness (QED) is 0.376. The van der Waals surface area contributed by atoms with Gasteiger partial charge >= 0.3 is 11.9 Å². The minimum absolute atomic E-state index is 0.212. The molecule has 0 radical (unpaired) electrons. The predicted molar refractivity (Wildman–Crippen MR) is 123 cm³/mol. The maximum Gasteiger partial charge on any atom is 0.343 e. The number of nitrogens with one attached hydrogen (secondary N) is 1. The second kappa shape index (κ2) is 11.4. The number of carbonyl (C=O) groups is 3. The van der Waals surface area contributed by atoms with E-state index in [-0.39, 0.29) is 35.3 Å². The molecule has 34 heavy (non-hydrogen) atoms. The van der Waals surface area contributed by atoms with Crippen LogP contribution in [0.1, 0.15) is 20.7 Å². The topological polar surface area (TPSA) is 109 Å². The minimum atomic E-state index is -0.632. The van der Waals surface area contributed by atoms with Crippen LogP contribution in [0.25, 0.3) is 0 Å². The maximum atomic E-state index is 12.5. The van der Waals surface area contributed by atoms with Crippen LogP contribution in [0.4, 0.5) is 5.69 Å². The molecule has 0 atom stereocenters. The third-order valence-corrected chi connectivity index (χ3v) is 4.62. The van der Waals surface area contributed by atoms with E-state index in [4.69, 9.17) is 18.9 Å². The van der Waals surface area contributed by atoms with Crippen molar-refractivity contribution in [3.8, 4) is 23.0 Å². The van der Waals surface area contributed by atoms with Crippen LogP contribution in [0.5, 0.6) is 23.0 Å². The van der Waals surface area contributed by atoms with Gasteiger partial charge in [0.15, 0.2) is 18.1 Å². The summed E-state index contributed by atoms with van der Waals surface area (Å²) < 4.78 is 25.9. The molecule has 0 spiro atoms. The lowest BCUT2D eigenvalue weighted by Gasteiger charge is -2.12. The van der Waals surface area contributed by atoms with Gasteiger partial charge in [0, 0.05) is 5.69 Å². The van der Waals surface area contributed by atoms with Crippen LogP contribution in [-0.4, -0.2) is 45.8 Å². The lowest BCUT2D eigenvalue weighted by molar-refractivity contribution is -0.118. The predicted octanol–water partition coefficient (Wildman–Crippen LogP) is 3.73. The third kappa shape index (κ3) is 6.26. The summed E-state index contributed by atoms with van der Waals surface area (Å²) in [6.07, 6.45) is 0. The zero-order valence-electron chi connectivity index (χ0n) is 18.8. The summed E-state index contributed by atoms with van der Waals surface area (Å²) in [5, 5.41) is 2.71. The van der Waals surface area contributed by atoms with Crippen LogP contribution >= 0.6 is 0 Å². The molecule has 0 saturated heterocycles. The summed E-state index contributed by atoms with van der Waals surface area (Å²) >= 11 is 0. The molecular formula is C25H23NO8. The molecule has 9 nitrogen and oxygen atoms in total. The molecule has 3 aromatic rings. The van der Waals surface area contributed by atoms with Crippen LogP contribution < -0.4 is 24.3 Å². The van der Waals surface area contributed by atoms with Gasteiger partial charge in [0.05, 0.1) is 32.5 Å². The zero-order chi connectivity index (χ0) is 24.5. The van der Waals surface area contributed by atoms with Gasteiger partial charge in [0.25, 0.3) is 5.91 Å². The number of ether oxygens (including phenoxy) is 5. The molecule has 0 bridgehead atoms. The van der Waals surface area contributed by atoms with Gasteiger partial charge in [-0.05, 0) is 66.7 Å². The Bertz CT molecular complexity index is 1160. The summed E-state index contributed by atoms with van der Waals surface area (Å²) in [5.74, 6) is -0.0167. The van der Waals surface area contributed by atoms with Crippen LogP contribution in [0.15, 0.2) is 66.7 Å². The molecule has 1 amide bonds. The molecule has 0 aromatic heterocycles. The van der Waals surface area contributed by atoms with Crippen LogP contribution in [0, 0.1) is 0 Å². The van der Waals surface area contributed by atoms with Crippen molar-refractivity contribution in [2.75, 3.05) is 33.3 Å². The van der Waals surface area contributed by atoms with Crippen molar-refractivity contribution in [2.24, 2.45) is 0 Å². The lowest BCUT2D eigenvalue weighted by atomic mass is 10.2. The van der Waals surface area contributed by atoms with Crippen LogP contribution in [-0.2, 0) is 9.53 Å². The van der Waals surface area contributed by atoms with Crippen molar-refractivity contribution >= 4 is 23.5 Å². The first-order valence-corrected chi connectivity index (χ1v) is 10.1. The Morgan fingerprint density at radius 1 is 0.706 bits per heavy atom. The van der Waals surface area contributed by atoms with Crippen molar-refractivity contribution in [3.63, 3.8) is 0 Å². The number of hydrogen-bond donors (Lipinski definition) is 1. The van der Waals surface area contributed by atoms with Crippen LogP contribution in [0.3, 0.4) is 0 Å². The van der Waals surface area contributed by atoms with E-state index in [0.29, 0.717) is 17.0 Å². The normalized spacial score (nSPS) is 10.1. The molecule has 9 heteroatoms. The Balaban J connectivity index is 1.60. The number of amides is 1. The van der Waals surface area contributed by atoms with E-state index in [1.54, 1.807) is 31.4 Å². The Morgan fingerprint density at radius 3 is 1.97 bits per heavy atom. The third-order valence-electron chi connectivity index (χ3n) is 4.62. The van der Waals surface area contributed by atoms with Gasteiger partial charge in [-0.1, -0.05) is 0 Å². The SMILES string of the molecule is COC(=O)c1ccc(OC(=O)c2ccc(OCC(=O)Nc3ccc(OC)cc3)c(OC)c2)cc1. The molecule has 0 unspecified atom stereocenters. The number of anilines is 1. The van der Waals surface area contributed by atoms with E-state index in [1.165, 1.54) is 56.7 Å². The molecule has 0 aliphatic rings. The first kappa shape index (κ1) is 24.1. The second-order valence-corrected chi connectivity index (χ2v) is 6.84. The lowest BCUT2D eigenvalue weighted by Crippen LogP contribution is -2.20. The van der Waals surface area contributed by atoms with Gasteiger partial charge in [0.2, 0.25) is 0 Å². The second-order valence-electron chi connectivity index (χ2n) is 6.84. The summed E-state index contributed by atoms with van der Waals surface area (Å²) in [6.45, 7) is -0.265. The number of methoxy groups -OCH3 is 3. The number of rotatable bonds is 9. The standard InChI is InChI=1S/C25H23NO8/c1-30-19-11-7-18(8-12-19)26-23(27)15-33-21-13-6-17(14-22(21)31-2)25(29)34-20-9-4-16(5-10-20)24(28)32-3/h4-14H,15H2,1-3H3,(H,26,27). The van der Waals surface area contributed by atoms with Crippen molar-refractivity contribution in [3.05, 3.63) is 77.9 Å². The largest absolute Gasteiger partial charge is 0.497 e. The Morgan fingerprint density at radius 2 is 1.35 bits per heavy atom. The summed E-state index contributed by atoms with van der Waals surface area (Å²) in [7, 11) is 4.26. The van der Waals surface area contributed by atoms with Crippen molar-refractivity contribution in [1.82, 2.24) is 0 Å². The van der Waals surface area contributed by atoms with E-state index in [2.05, 4.69) is 10.1 Å². The van der Waals surface area contributed by atoms with Gasteiger partial charge in [-0.3, -0.25) is 4.79 Å². The molecular weight excluding hydrogens is 442 g/mol. The number of esters is 2. The highest BCUT2D eigenvalue weighted by molar-refractivity contribution is 5.93. The van der Waals surface area contributed by atoms with Gasteiger partial charge in [-0.25, -0.2) is 9.59 Å². The first-order valence-electron chi connectivity index (χ1n) is 10.1. The molecule has 1 N–H and O–H groups in total. The van der Waals surface area contributed by atoms with E-state index in [0.717, 1.165) is 0 Å². The molecule has 3 aromatic carbocycles. The average molecular weight is 465 g/mol. The van der Waals surface area contributed by atoms with Crippen molar-refractivity contribution in [1.29, 1.82) is 0 Å². The maximum absolute atomic E-state index is 12.5. The van der Waals surface area contributed by atoms with Gasteiger partial charge < -0.3 is 29.0 Å². The molecule has 3 rings (SSSR count). The van der Waals surface area contributed by atoms with E-state index in [1.807, 2.05) is 0 Å². The highest BCUT2D eigenvalue weighted by atomic mass is 16.5. The number of hydrogen-bond acceptors (Lipinski definition) is 8. The molecule has 0 saturated carbocycles. The Kier molecular flexibility index (Phi) is 8.07. The van der Waals surface area contributed by atoms with E-state index >= 15 is 0 Å². The Hall–Kier alpha value is -4.53. The van der Waals surface area contributed by atoms with E-state index in [9.17, 15) is 14.4 Å². The minimum Gasteiger partial charge on any atom is -0.497 e. The molecule has 0 aliphatic heterocycles. The van der Waals surface area contributed by atoms with Gasteiger partial charge in [0.1, 0.15) is 11.5 Å². The first-order chi connectivity index (χ1) is 16.4. The average Bonchev–Trinajstić information content (AvgIpc) is 2.87. The molecule has 0 aliphatic carbocycles. The molecule has 176 valence electrons. The van der Waals surface area contributed by atoms with Gasteiger partial charge in [-0.2, -0.15) is 0 Å². The highest BCUT2D eigenvalue weighted by Crippen LogP contribution is 2.29. The fourth-order valence-electron chi connectivity index (χ4n) is 2.87. The molecule has 0 heterocycles. The summed E-state index contributed by atoms with van der Waals surface area (Å²) in [5.41, 5.74) is 1.14. The smallest absolute Gasteiger partial charge is 0.343 e. The van der Waals surface area contributed by atoms with Gasteiger partial charge in [-0.15, -0.1) is 0 Å². The summed E-state index contributed by atoms with van der Waals surface area (Å²) in [6, 6.07) is 17.3. The summed E-state index contributed by atoms with van der Waals surface area (Å²) in [4.78, 5) is 36.2. The zero-order valence-corrected chi connectivity index (χ0v) is 18.8. The number of benzene rings is 3. The fraction of sp³-hybridized carbons (Fsp3) is 0.160. The van der Waals surface area contributed by atoms with Crippen LogP contribution in [0.2, 0.25) is 0 Å². The Labute approximate surface area is 196 Å². The molecule has 0 fully saturated rings. The highest BCUT2D eigenvalue weighted by Gasteiger charge is 2.15. The van der Waals surface area contributed by atoms with Crippen molar-refractivity contribution < 1.29 is 38.1 Å². The van der Waals surface area contributed by atoms with E-state index < -0.39 is 11.9 Å².